The molecule has 1 heterocycles. The van der Waals surface area contributed by atoms with E-state index in [4.69, 9.17) is 4.74 Å². The first-order valence-corrected chi connectivity index (χ1v) is 5.13. The largest absolute Gasteiger partial charge is 0.381 e. The highest BCUT2D eigenvalue weighted by molar-refractivity contribution is 4.87. The van der Waals surface area contributed by atoms with Gasteiger partial charge in [-0.25, -0.2) is 0 Å². The van der Waals surface area contributed by atoms with Crippen molar-refractivity contribution in [3.05, 3.63) is 0 Å². The molecule has 0 aliphatic carbocycles. The van der Waals surface area contributed by atoms with E-state index in [0.29, 0.717) is 5.41 Å². The lowest BCUT2D eigenvalue weighted by atomic mass is 9.86. The minimum atomic E-state index is 0.361. The fourth-order valence-corrected chi connectivity index (χ4v) is 2.03. The molecule has 0 bridgehead atoms. The van der Waals surface area contributed by atoms with Gasteiger partial charge in [0.15, 0.2) is 0 Å². The lowest BCUT2D eigenvalue weighted by Crippen LogP contribution is -2.42. The molecule has 3 heteroatoms. The molecule has 0 radical (unpaired) electrons. The third kappa shape index (κ3) is 2.93. The number of hydrogen-bond donors (Lipinski definition) is 1. The fraction of sp³-hybridized carbons (Fsp3) is 1.00. The summed E-state index contributed by atoms with van der Waals surface area (Å²) in [6.07, 6.45) is 1.19. The Bertz CT molecular complexity index is 144. The SMILES string of the molecule is CCN(C)CC1(CNC)CCOC1. The maximum Gasteiger partial charge on any atom is 0.0547 e. The van der Waals surface area contributed by atoms with E-state index in [0.717, 1.165) is 32.8 Å². The zero-order valence-corrected chi connectivity index (χ0v) is 9.10. The predicted molar refractivity (Wildman–Crippen MR) is 55.0 cm³/mol. The molecule has 78 valence electrons. The van der Waals surface area contributed by atoms with Gasteiger partial charge in [0.05, 0.1) is 6.61 Å². The van der Waals surface area contributed by atoms with Gasteiger partial charge in [-0.3, -0.25) is 0 Å². The highest BCUT2D eigenvalue weighted by Gasteiger charge is 2.34. The first-order chi connectivity index (χ1) is 6.22. The normalized spacial score (nSPS) is 28.6. The van der Waals surface area contributed by atoms with Crippen molar-refractivity contribution in [2.24, 2.45) is 5.41 Å². The summed E-state index contributed by atoms with van der Waals surface area (Å²) >= 11 is 0. The molecule has 0 spiro atoms. The summed E-state index contributed by atoms with van der Waals surface area (Å²) in [5, 5.41) is 3.27. The summed E-state index contributed by atoms with van der Waals surface area (Å²) in [6.45, 7) is 7.37. The molecule has 1 saturated heterocycles. The molecule has 13 heavy (non-hydrogen) atoms. The van der Waals surface area contributed by atoms with Crippen molar-refractivity contribution < 1.29 is 4.74 Å². The number of nitrogens with zero attached hydrogens (tertiary/aromatic N) is 1. The van der Waals surface area contributed by atoms with Gasteiger partial charge in [-0.1, -0.05) is 6.92 Å². The van der Waals surface area contributed by atoms with Gasteiger partial charge in [-0.2, -0.15) is 0 Å². The fourth-order valence-electron chi connectivity index (χ4n) is 2.03. The zero-order valence-electron chi connectivity index (χ0n) is 9.10. The van der Waals surface area contributed by atoms with Crippen molar-refractivity contribution in [3.63, 3.8) is 0 Å². The predicted octanol–water partition coefficient (Wildman–Crippen LogP) is 0.564. The minimum absolute atomic E-state index is 0.361. The van der Waals surface area contributed by atoms with Gasteiger partial charge in [0.1, 0.15) is 0 Å². The quantitative estimate of drug-likeness (QED) is 0.679. The standard InChI is InChI=1S/C10H22N2O/c1-4-12(3)8-10(7-11-2)5-6-13-9-10/h11H,4-9H2,1-3H3. The summed E-state index contributed by atoms with van der Waals surface area (Å²) in [5.41, 5.74) is 0.361. The summed E-state index contributed by atoms with van der Waals surface area (Å²) in [4.78, 5) is 2.37. The van der Waals surface area contributed by atoms with E-state index in [1.165, 1.54) is 6.42 Å². The van der Waals surface area contributed by atoms with Crippen LogP contribution in [-0.4, -0.2) is 51.8 Å². The number of nitrogens with one attached hydrogen (secondary N) is 1. The molecule has 3 nitrogen and oxygen atoms in total. The van der Waals surface area contributed by atoms with Gasteiger partial charge in [-0.15, -0.1) is 0 Å². The molecule has 0 amide bonds. The second-order valence-corrected chi connectivity index (χ2v) is 4.16. The Morgan fingerprint density at radius 1 is 1.54 bits per heavy atom. The lowest BCUT2D eigenvalue weighted by Gasteiger charge is -2.31. The van der Waals surface area contributed by atoms with Crippen molar-refractivity contribution in [2.75, 3.05) is 46.9 Å². The highest BCUT2D eigenvalue weighted by Crippen LogP contribution is 2.28. The molecule has 1 aliphatic rings. The van der Waals surface area contributed by atoms with Gasteiger partial charge in [0, 0.05) is 25.1 Å². The molecule has 0 aromatic rings. The molecule has 1 N–H and O–H groups in total. The Morgan fingerprint density at radius 3 is 2.77 bits per heavy atom. The number of rotatable bonds is 5. The van der Waals surface area contributed by atoms with Crippen LogP contribution in [0.5, 0.6) is 0 Å². The second-order valence-electron chi connectivity index (χ2n) is 4.16. The van der Waals surface area contributed by atoms with Crippen LogP contribution in [0.15, 0.2) is 0 Å². The van der Waals surface area contributed by atoms with E-state index in [1.54, 1.807) is 0 Å². The van der Waals surface area contributed by atoms with Crippen LogP contribution in [0.4, 0.5) is 0 Å². The smallest absolute Gasteiger partial charge is 0.0547 e. The molecule has 1 atom stereocenters. The van der Waals surface area contributed by atoms with Crippen LogP contribution in [0, 0.1) is 5.41 Å². The van der Waals surface area contributed by atoms with E-state index >= 15 is 0 Å². The first kappa shape index (κ1) is 11.0. The molecule has 1 unspecified atom stereocenters. The van der Waals surface area contributed by atoms with Crippen LogP contribution in [0.2, 0.25) is 0 Å². The van der Waals surface area contributed by atoms with Crippen molar-refractivity contribution in [1.29, 1.82) is 0 Å². The van der Waals surface area contributed by atoms with Crippen LogP contribution in [-0.2, 0) is 4.74 Å². The molecule has 1 fully saturated rings. The Morgan fingerprint density at radius 2 is 2.31 bits per heavy atom. The van der Waals surface area contributed by atoms with Crippen LogP contribution in [0.25, 0.3) is 0 Å². The van der Waals surface area contributed by atoms with Gasteiger partial charge >= 0.3 is 0 Å². The van der Waals surface area contributed by atoms with E-state index in [2.05, 4.69) is 24.2 Å². The summed E-state index contributed by atoms with van der Waals surface area (Å²) in [7, 11) is 4.20. The molecule has 0 aromatic heterocycles. The van der Waals surface area contributed by atoms with E-state index in [9.17, 15) is 0 Å². The number of hydrogen-bond acceptors (Lipinski definition) is 3. The minimum Gasteiger partial charge on any atom is -0.381 e. The van der Waals surface area contributed by atoms with Crippen LogP contribution < -0.4 is 5.32 Å². The molecular weight excluding hydrogens is 164 g/mol. The van der Waals surface area contributed by atoms with Crippen LogP contribution in [0.1, 0.15) is 13.3 Å². The summed E-state index contributed by atoms with van der Waals surface area (Å²) in [6, 6.07) is 0. The topological polar surface area (TPSA) is 24.5 Å². The third-order valence-electron chi connectivity index (χ3n) is 2.88. The maximum absolute atomic E-state index is 5.49. The Kier molecular flexibility index (Phi) is 4.16. The Hall–Kier alpha value is -0.120. The van der Waals surface area contributed by atoms with Crippen molar-refractivity contribution in [3.8, 4) is 0 Å². The third-order valence-corrected chi connectivity index (χ3v) is 2.88. The molecular formula is C10H22N2O. The monoisotopic (exact) mass is 186 g/mol. The maximum atomic E-state index is 5.49. The average molecular weight is 186 g/mol. The summed E-state index contributed by atoms with van der Waals surface area (Å²) in [5.74, 6) is 0. The zero-order chi connectivity index (χ0) is 9.73. The Labute approximate surface area is 81.4 Å². The van der Waals surface area contributed by atoms with E-state index < -0.39 is 0 Å². The van der Waals surface area contributed by atoms with Gasteiger partial charge in [0.2, 0.25) is 0 Å². The Balaban J connectivity index is 2.46. The van der Waals surface area contributed by atoms with E-state index in [1.807, 2.05) is 7.05 Å². The van der Waals surface area contributed by atoms with Crippen molar-refractivity contribution in [2.45, 2.75) is 13.3 Å². The highest BCUT2D eigenvalue weighted by atomic mass is 16.5. The van der Waals surface area contributed by atoms with Crippen LogP contribution in [0.3, 0.4) is 0 Å². The number of ether oxygens (including phenoxy) is 1. The van der Waals surface area contributed by atoms with Gasteiger partial charge in [0.25, 0.3) is 0 Å². The first-order valence-electron chi connectivity index (χ1n) is 5.13. The molecule has 0 aromatic carbocycles. The average Bonchev–Trinajstić information content (AvgIpc) is 2.54. The van der Waals surface area contributed by atoms with Crippen molar-refractivity contribution in [1.82, 2.24) is 10.2 Å². The van der Waals surface area contributed by atoms with Gasteiger partial charge in [-0.05, 0) is 27.1 Å². The van der Waals surface area contributed by atoms with Crippen molar-refractivity contribution >= 4 is 0 Å². The lowest BCUT2D eigenvalue weighted by molar-refractivity contribution is 0.122. The molecule has 1 rings (SSSR count). The molecule has 0 saturated carbocycles. The van der Waals surface area contributed by atoms with Gasteiger partial charge < -0.3 is 15.0 Å². The molecule has 1 aliphatic heterocycles. The van der Waals surface area contributed by atoms with Crippen LogP contribution >= 0.6 is 0 Å². The van der Waals surface area contributed by atoms with E-state index in [-0.39, 0.29) is 0 Å². The summed E-state index contributed by atoms with van der Waals surface area (Å²) < 4.78 is 5.49. The second kappa shape index (κ2) is 4.94.